The highest BCUT2D eigenvalue weighted by Gasteiger charge is 2.28. The summed E-state index contributed by atoms with van der Waals surface area (Å²) in [5.41, 5.74) is 0.149. The number of amides is 1. The van der Waals surface area contributed by atoms with E-state index < -0.39 is 22.4 Å². The highest BCUT2D eigenvalue weighted by atomic mass is 32.2. The van der Waals surface area contributed by atoms with Gasteiger partial charge in [-0.1, -0.05) is 31.7 Å². The molecular weight excluding hydrogens is 434 g/mol. The van der Waals surface area contributed by atoms with Crippen molar-refractivity contribution in [3.63, 3.8) is 0 Å². The predicted octanol–water partition coefficient (Wildman–Crippen LogP) is 4.29. The maximum absolute atomic E-state index is 13.0. The summed E-state index contributed by atoms with van der Waals surface area (Å²) in [5.74, 6) is -0.731. The van der Waals surface area contributed by atoms with Crippen LogP contribution in [0.15, 0.2) is 34.9 Å². The molecule has 9 heteroatoms. The summed E-state index contributed by atoms with van der Waals surface area (Å²) in [5, 5.41) is 5.59. The smallest absolute Gasteiger partial charge is 0.319 e. The van der Waals surface area contributed by atoms with Crippen LogP contribution in [0.3, 0.4) is 0 Å². The van der Waals surface area contributed by atoms with Crippen LogP contribution < -0.4 is 5.32 Å². The number of pyridine rings is 1. The minimum atomic E-state index is -1.60. The Morgan fingerprint density at radius 2 is 2.00 bits per heavy atom. The van der Waals surface area contributed by atoms with E-state index in [-0.39, 0.29) is 17.6 Å². The van der Waals surface area contributed by atoms with Gasteiger partial charge in [0.2, 0.25) is 5.91 Å². The number of rotatable bonds is 8. The number of aromatic nitrogens is 2. The zero-order chi connectivity index (χ0) is 22.4. The molecule has 7 nitrogen and oxygen atoms in total. The molecule has 2 heterocycles. The Labute approximate surface area is 189 Å². The van der Waals surface area contributed by atoms with Gasteiger partial charge in [-0.05, 0) is 44.7 Å². The molecular formula is C22H29N3O4S2. The zero-order valence-electron chi connectivity index (χ0n) is 18.1. The van der Waals surface area contributed by atoms with Gasteiger partial charge in [-0.2, -0.15) is 0 Å². The number of nitrogens with zero attached hydrogens (tertiary/aromatic N) is 2. The third-order valence-electron chi connectivity index (χ3n) is 5.09. The number of esters is 1. The summed E-state index contributed by atoms with van der Waals surface area (Å²) >= 11 is 1.38. The quantitative estimate of drug-likeness (QED) is 0.587. The second kappa shape index (κ2) is 10.5. The molecule has 0 radical (unpaired) electrons. The molecule has 1 saturated carbocycles. The van der Waals surface area contributed by atoms with E-state index in [0.717, 1.165) is 24.8 Å². The van der Waals surface area contributed by atoms with Crippen molar-refractivity contribution >= 4 is 39.1 Å². The maximum atomic E-state index is 13.0. The summed E-state index contributed by atoms with van der Waals surface area (Å²) in [6.45, 7) is 5.30. The minimum absolute atomic E-state index is 0.105. The lowest BCUT2D eigenvalue weighted by Crippen LogP contribution is -2.27. The van der Waals surface area contributed by atoms with Gasteiger partial charge in [0.25, 0.3) is 0 Å². The van der Waals surface area contributed by atoms with Crippen LogP contribution in [0.2, 0.25) is 0 Å². The van der Waals surface area contributed by atoms with Crippen LogP contribution in [0, 0.1) is 5.92 Å². The first kappa shape index (κ1) is 23.5. The molecule has 2 unspecified atom stereocenters. The van der Waals surface area contributed by atoms with Crippen molar-refractivity contribution < 1.29 is 18.5 Å². The average molecular weight is 464 g/mol. The van der Waals surface area contributed by atoms with Gasteiger partial charge in [-0.25, -0.2) is 9.97 Å². The van der Waals surface area contributed by atoms with E-state index in [1.807, 2.05) is 5.38 Å². The van der Waals surface area contributed by atoms with Crippen LogP contribution in [0.4, 0.5) is 5.13 Å². The Hall–Kier alpha value is -2.13. The number of ether oxygens (including phenoxy) is 1. The molecule has 1 fully saturated rings. The van der Waals surface area contributed by atoms with E-state index in [4.69, 9.17) is 4.74 Å². The van der Waals surface area contributed by atoms with E-state index in [0.29, 0.717) is 16.1 Å². The fraction of sp³-hybridized carbons (Fsp3) is 0.545. The molecule has 31 heavy (non-hydrogen) atoms. The maximum Gasteiger partial charge on any atom is 0.319 e. The van der Waals surface area contributed by atoms with Crippen molar-refractivity contribution in [3.8, 4) is 0 Å². The lowest BCUT2D eigenvalue weighted by atomic mass is 9.88. The van der Waals surface area contributed by atoms with E-state index >= 15 is 0 Å². The number of hydrogen-bond acceptors (Lipinski definition) is 7. The molecule has 168 valence electrons. The summed E-state index contributed by atoms with van der Waals surface area (Å²) in [7, 11) is -1.60. The molecule has 0 spiro atoms. The second-order valence-electron chi connectivity index (χ2n) is 8.77. The molecule has 0 bridgehead atoms. The normalized spacial score (nSPS) is 16.6. The van der Waals surface area contributed by atoms with Crippen molar-refractivity contribution in [1.29, 1.82) is 0 Å². The van der Waals surface area contributed by atoms with Gasteiger partial charge in [-0.15, -0.1) is 11.3 Å². The fourth-order valence-electron chi connectivity index (χ4n) is 3.74. The largest absolute Gasteiger partial charge is 0.459 e. The zero-order valence-corrected chi connectivity index (χ0v) is 19.8. The lowest BCUT2D eigenvalue weighted by molar-refractivity contribution is -0.151. The van der Waals surface area contributed by atoms with Crippen molar-refractivity contribution in [1.82, 2.24) is 9.97 Å². The predicted molar refractivity (Wildman–Crippen MR) is 121 cm³/mol. The summed E-state index contributed by atoms with van der Waals surface area (Å²) in [6.07, 6.45) is 8.67. The number of carbonyl (C=O) groups excluding carboxylic acids is 2. The molecule has 1 aliphatic carbocycles. The minimum Gasteiger partial charge on any atom is -0.459 e. The van der Waals surface area contributed by atoms with Crippen LogP contribution in [-0.4, -0.2) is 37.4 Å². The van der Waals surface area contributed by atoms with Gasteiger partial charge in [0.05, 0.1) is 16.7 Å². The van der Waals surface area contributed by atoms with E-state index in [1.165, 1.54) is 24.2 Å². The molecule has 0 aromatic carbocycles. The van der Waals surface area contributed by atoms with Gasteiger partial charge in [0, 0.05) is 17.8 Å². The third kappa shape index (κ3) is 7.21. The number of hydrogen-bond donors (Lipinski definition) is 1. The van der Waals surface area contributed by atoms with Crippen molar-refractivity contribution in [2.75, 3.05) is 11.1 Å². The van der Waals surface area contributed by atoms with Gasteiger partial charge in [0.15, 0.2) is 5.13 Å². The topological polar surface area (TPSA) is 98.2 Å². The number of carbonyl (C=O) groups is 2. The molecule has 2 aromatic rings. The summed E-state index contributed by atoms with van der Waals surface area (Å²) in [4.78, 5) is 33.4. The first-order valence-corrected chi connectivity index (χ1v) is 12.7. The lowest BCUT2D eigenvalue weighted by Gasteiger charge is -2.20. The Balaban J connectivity index is 1.70. The van der Waals surface area contributed by atoms with Crippen LogP contribution in [0.25, 0.3) is 0 Å². The molecule has 1 N–H and O–H groups in total. The first-order chi connectivity index (χ1) is 14.7. The SMILES string of the molecule is CC(C)(C)OC(=O)CS(=O)c1ccc(C(CC2CCCC2)C(=O)Nc2nccs2)cn1. The number of nitrogens with one attached hydrogen (secondary N) is 1. The molecule has 2 atom stereocenters. The molecule has 1 aliphatic rings. The molecule has 2 aromatic heterocycles. The van der Waals surface area contributed by atoms with Crippen LogP contribution in [-0.2, 0) is 25.1 Å². The molecule has 0 saturated heterocycles. The summed E-state index contributed by atoms with van der Waals surface area (Å²) < 4.78 is 17.7. The monoisotopic (exact) mass is 463 g/mol. The number of anilines is 1. The van der Waals surface area contributed by atoms with Gasteiger partial charge < -0.3 is 10.1 Å². The van der Waals surface area contributed by atoms with Gasteiger partial charge in [0.1, 0.15) is 16.4 Å². The Morgan fingerprint density at radius 1 is 1.26 bits per heavy atom. The first-order valence-electron chi connectivity index (χ1n) is 10.5. The van der Waals surface area contributed by atoms with Gasteiger partial charge in [-0.3, -0.25) is 13.8 Å². The second-order valence-corrected chi connectivity index (χ2v) is 11.1. The highest BCUT2D eigenvalue weighted by molar-refractivity contribution is 7.85. The molecule has 1 amide bonds. The Kier molecular flexibility index (Phi) is 7.94. The van der Waals surface area contributed by atoms with E-state index in [1.54, 1.807) is 45.3 Å². The summed E-state index contributed by atoms with van der Waals surface area (Å²) in [6, 6.07) is 3.42. The standard InChI is InChI=1S/C22H29N3O4S2/c1-22(2,3)29-19(26)14-31(28)18-9-8-16(13-24-18)17(12-15-6-4-5-7-15)20(27)25-21-23-10-11-30-21/h8-11,13,15,17H,4-7,12,14H2,1-3H3,(H,23,25,27). The van der Waals surface area contributed by atoms with Crippen molar-refractivity contribution in [2.24, 2.45) is 5.92 Å². The van der Waals surface area contributed by atoms with Gasteiger partial charge >= 0.3 is 5.97 Å². The van der Waals surface area contributed by atoms with Crippen LogP contribution in [0.5, 0.6) is 0 Å². The van der Waals surface area contributed by atoms with Crippen molar-refractivity contribution in [3.05, 3.63) is 35.5 Å². The average Bonchev–Trinajstić information content (AvgIpc) is 3.38. The van der Waals surface area contributed by atoms with E-state index in [2.05, 4.69) is 15.3 Å². The molecule has 0 aliphatic heterocycles. The Bertz CT molecular complexity index is 902. The van der Waals surface area contributed by atoms with Crippen LogP contribution >= 0.6 is 11.3 Å². The number of thiazole rings is 1. The Morgan fingerprint density at radius 3 is 2.58 bits per heavy atom. The van der Waals surface area contributed by atoms with Crippen LogP contribution in [0.1, 0.15) is 64.4 Å². The molecule has 3 rings (SSSR count). The highest BCUT2D eigenvalue weighted by Crippen LogP contribution is 2.35. The van der Waals surface area contributed by atoms with E-state index in [9.17, 15) is 13.8 Å². The fourth-order valence-corrected chi connectivity index (χ4v) is 5.08. The third-order valence-corrected chi connectivity index (χ3v) is 6.98. The van der Waals surface area contributed by atoms with Crippen molar-refractivity contribution in [2.45, 2.75) is 69.4 Å².